The maximum Gasteiger partial charge on any atom is 0.129 e. The van der Waals surface area contributed by atoms with Crippen LogP contribution in [0.1, 0.15) is 39.7 Å². The fourth-order valence-electron chi connectivity index (χ4n) is 2.84. The molecular formula is C17H25F2NO. The van der Waals surface area contributed by atoms with E-state index >= 15 is 0 Å². The minimum Gasteiger partial charge on any atom is -0.378 e. The first-order chi connectivity index (χ1) is 9.73. The standard InChI is InChI=1S/C17H25F2NO/c1-12-17(8-9-21-12,11-20-16(2,3)4)10-13-14(18)6-5-7-15(13)19/h5-7,12,20H,8-11H2,1-4H3. The van der Waals surface area contributed by atoms with Gasteiger partial charge in [0.25, 0.3) is 0 Å². The molecule has 2 rings (SSSR count). The largest absolute Gasteiger partial charge is 0.378 e. The molecule has 1 aromatic carbocycles. The highest BCUT2D eigenvalue weighted by molar-refractivity contribution is 5.22. The van der Waals surface area contributed by atoms with Crippen molar-refractivity contribution in [1.29, 1.82) is 0 Å². The van der Waals surface area contributed by atoms with Crippen LogP contribution in [0.3, 0.4) is 0 Å². The number of rotatable bonds is 4. The Balaban J connectivity index is 2.25. The molecule has 1 saturated heterocycles. The second kappa shape index (κ2) is 6.01. The monoisotopic (exact) mass is 297 g/mol. The van der Waals surface area contributed by atoms with E-state index in [-0.39, 0.29) is 22.6 Å². The van der Waals surface area contributed by atoms with Crippen molar-refractivity contribution < 1.29 is 13.5 Å². The minimum absolute atomic E-state index is 0.0219. The molecule has 0 aromatic heterocycles. The summed E-state index contributed by atoms with van der Waals surface area (Å²) in [7, 11) is 0. The smallest absolute Gasteiger partial charge is 0.129 e. The highest BCUT2D eigenvalue weighted by Gasteiger charge is 2.43. The summed E-state index contributed by atoms with van der Waals surface area (Å²) in [6.07, 6.45) is 1.15. The summed E-state index contributed by atoms with van der Waals surface area (Å²) < 4.78 is 33.6. The topological polar surface area (TPSA) is 21.3 Å². The zero-order chi connectivity index (χ0) is 15.7. The van der Waals surface area contributed by atoms with E-state index < -0.39 is 11.6 Å². The van der Waals surface area contributed by atoms with Gasteiger partial charge in [0.15, 0.2) is 0 Å². The van der Waals surface area contributed by atoms with Gasteiger partial charge in [-0.1, -0.05) is 6.07 Å². The van der Waals surface area contributed by atoms with E-state index in [1.54, 1.807) is 0 Å². The van der Waals surface area contributed by atoms with Crippen LogP contribution in [0.5, 0.6) is 0 Å². The van der Waals surface area contributed by atoms with Crippen LogP contribution in [0, 0.1) is 17.0 Å². The molecule has 2 unspecified atom stereocenters. The van der Waals surface area contributed by atoms with Crippen LogP contribution in [0.25, 0.3) is 0 Å². The fraction of sp³-hybridized carbons (Fsp3) is 0.647. The van der Waals surface area contributed by atoms with Crippen LogP contribution in [-0.2, 0) is 11.2 Å². The zero-order valence-electron chi connectivity index (χ0n) is 13.3. The first-order valence-corrected chi connectivity index (χ1v) is 7.53. The van der Waals surface area contributed by atoms with E-state index in [9.17, 15) is 8.78 Å². The van der Waals surface area contributed by atoms with Crippen LogP contribution < -0.4 is 5.32 Å². The van der Waals surface area contributed by atoms with E-state index in [4.69, 9.17) is 4.74 Å². The molecule has 0 bridgehead atoms. The molecule has 1 aliphatic heterocycles. The Morgan fingerprint density at radius 1 is 1.29 bits per heavy atom. The van der Waals surface area contributed by atoms with Crippen molar-refractivity contribution in [1.82, 2.24) is 5.32 Å². The van der Waals surface area contributed by atoms with E-state index in [2.05, 4.69) is 26.1 Å². The van der Waals surface area contributed by atoms with Gasteiger partial charge >= 0.3 is 0 Å². The van der Waals surface area contributed by atoms with Crippen molar-refractivity contribution in [2.45, 2.75) is 52.2 Å². The van der Waals surface area contributed by atoms with Gasteiger partial charge in [0, 0.05) is 29.7 Å². The molecule has 0 radical (unpaired) electrons. The number of hydrogen-bond acceptors (Lipinski definition) is 2. The Labute approximate surface area is 125 Å². The van der Waals surface area contributed by atoms with Gasteiger partial charge in [-0.2, -0.15) is 0 Å². The summed E-state index contributed by atoms with van der Waals surface area (Å²) in [5.41, 5.74) is -0.134. The summed E-state index contributed by atoms with van der Waals surface area (Å²) in [6.45, 7) is 9.59. The molecule has 1 aromatic rings. The average Bonchev–Trinajstić information content (AvgIpc) is 2.73. The number of nitrogens with one attached hydrogen (secondary N) is 1. The lowest BCUT2D eigenvalue weighted by atomic mass is 9.75. The summed E-state index contributed by atoms with van der Waals surface area (Å²) in [6, 6.07) is 4.05. The summed E-state index contributed by atoms with van der Waals surface area (Å²) in [5, 5.41) is 3.47. The molecular weight excluding hydrogens is 272 g/mol. The molecule has 0 spiro atoms. The van der Waals surface area contributed by atoms with Gasteiger partial charge in [0.2, 0.25) is 0 Å². The van der Waals surface area contributed by atoms with Gasteiger partial charge in [-0.25, -0.2) is 8.78 Å². The molecule has 0 amide bonds. The molecule has 0 saturated carbocycles. The van der Waals surface area contributed by atoms with E-state index in [0.29, 0.717) is 19.6 Å². The van der Waals surface area contributed by atoms with E-state index in [1.807, 2.05) is 6.92 Å². The molecule has 1 N–H and O–H groups in total. The Kier molecular flexibility index (Phi) is 4.69. The third-order valence-corrected chi connectivity index (χ3v) is 4.39. The quantitative estimate of drug-likeness (QED) is 0.915. The van der Waals surface area contributed by atoms with Crippen LogP contribution >= 0.6 is 0 Å². The number of hydrogen-bond donors (Lipinski definition) is 1. The first kappa shape index (κ1) is 16.4. The third kappa shape index (κ3) is 3.80. The van der Waals surface area contributed by atoms with Crippen molar-refractivity contribution in [3.8, 4) is 0 Å². The van der Waals surface area contributed by atoms with Crippen molar-refractivity contribution in [3.63, 3.8) is 0 Å². The van der Waals surface area contributed by atoms with Gasteiger partial charge < -0.3 is 10.1 Å². The van der Waals surface area contributed by atoms with Crippen LogP contribution in [0.4, 0.5) is 8.78 Å². The Hall–Kier alpha value is -1.00. The number of benzene rings is 1. The van der Waals surface area contributed by atoms with Gasteiger partial charge in [0.1, 0.15) is 11.6 Å². The van der Waals surface area contributed by atoms with E-state index in [0.717, 1.165) is 6.42 Å². The molecule has 4 heteroatoms. The molecule has 1 aliphatic rings. The van der Waals surface area contributed by atoms with Crippen LogP contribution in [-0.4, -0.2) is 24.8 Å². The van der Waals surface area contributed by atoms with Crippen LogP contribution in [0.15, 0.2) is 18.2 Å². The molecule has 21 heavy (non-hydrogen) atoms. The normalized spacial score (nSPS) is 26.3. The van der Waals surface area contributed by atoms with Gasteiger partial charge in [-0.15, -0.1) is 0 Å². The predicted octanol–water partition coefficient (Wildman–Crippen LogP) is 3.69. The molecule has 2 atom stereocenters. The Morgan fingerprint density at radius 2 is 1.90 bits per heavy atom. The highest BCUT2D eigenvalue weighted by atomic mass is 19.1. The molecule has 0 aliphatic carbocycles. The minimum atomic E-state index is -0.468. The average molecular weight is 297 g/mol. The molecule has 2 nitrogen and oxygen atoms in total. The Bertz CT molecular complexity index is 478. The number of ether oxygens (including phenoxy) is 1. The summed E-state index contributed by atoms with van der Waals surface area (Å²) in [4.78, 5) is 0. The van der Waals surface area contributed by atoms with Crippen molar-refractivity contribution in [2.75, 3.05) is 13.2 Å². The molecule has 1 heterocycles. The van der Waals surface area contributed by atoms with E-state index in [1.165, 1.54) is 18.2 Å². The zero-order valence-corrected chi connectivity index (χ0v) is 13.3. The van der Waals surface area contributed by atoms with Crippen LogP contribution in [0.2, 0.25) is 0 Å². The highest BCUT2D eigenvalue weighted by Crippen LogP contribution is 2.39. The van der Waals surface area contributed by atoms with Crippen molar-refractivity contribution in [2.24, 2.45) is 5.41 Å². The number of halogens is 2. The lowest BCUT2D eigenvalue weighted by molar-refractivity contribution is 0.0589. The molecule has 118 valence electrons. The second-order valence-corrected chi connectivity index (χ2v) is 7.11. The molecule has 1 fully saturated rings. The first-order valence-electron chi connectivity index (χ1n) is 7.53. The Morgan fingerprint density at radius 3 is 2.38 bits per heavy atom. The fourth-order valence-corrected chi connectivity index (χ4v) is 2.84. The van der Waals surface area contributed by atoms with Crippen molar-refractivity contribution >= 4 is 0 Å². The maximum absolute atomic E-state index is 14.0. The predicted molar refractivity (Wildman–Crippen MR) is 80.3 cm³/mol. The van der Waals surface area contributed by atoms with Gasteiger partial charge in [-0.3, -0.25) is 0 Å². The maximum atomic E-state index is 14.0. The van der Waals surface area contributed by atoms with Crippen molar-refractivity contribution in [3.05, 3.63) is 35.4 Å². The van der Waals surface area contributed by atoms with Gasteiger partial charge in [0.05, 0.1) is 6.10 Å². The third-order valence-electron chi connectivity index (χ3n) is 4.39. The lowest BCUT2D eigenvalue weighted by Gasteiger charge is -2.36. The SMILES string of the molecule is CC1OCCC1(CNC(C)(C)C)Cc1c(F)cccc1F. The lowest BCUT2D eigenvalue weighted by Crippen LogP contribution is -2.48. The summed E-state index contributed by atoms with van der Waals surface area (Å²) >= 11 is 0. The second-order valence-electron chi connectivity index (χ2n) is 7.11. The van der Waals surface area contributed by atoms with Gasteiger partial charge in [-0.05, 0) is 52.7 Å². The summed E-state index contributed by atoms with van der Waals surface area (Å²) in [5.74, 6) is -0.937.